The lowest BCUT2D eigenvalue weighted by Crippen LogP contribution is -2.25. The molecule has 0 aliphatic rings. The minimum absolute atomic E-state index is 0.0133. The number of benzene rings is 2. The smallest absolute Gasteiger partial charge is 0.355 e. The van der Waals surface area contributed by atoms with E-state index in [4.69, 9.17) is 4.52 Å². The molecule has 1 heterocycles. The van der Waals surface area contributed by atoms with Crippen LogP contribution in [0.4, 0.5) is 17.6 Å². The van der Waals surface area contributed by atoms with E-state index in [0.29, 0.717) is 12.0 Å². The molecule has 0 unspecified atom stereocenters. The number of alkyl halides is 3. The largest absolute Gasteiger partial charge is 0.416 e. The zero-order valence-corrected chi connectivity index (χ0v) is 13.9. The Kier molecular flexibility index (Phi) is 5.25. The van der Waals surface area contributed by atoms with Gasteiger partial charge in [0.15, 0.2) is 11.5 Å². The predicted octanol–water partition coefficient (Wildman–Crippen LogP) is 4.47. The third-order valence-electron chi connectivity index (χ3n) is 3.86. The van der Waals surface area contributed by atoms with Gasteiger partial charge in [-0.3, -0.25) is 4.79 Å². The Morgan fingerprint density at radius 2 is 1.78 bits per heavy atom. The number of carbonyl (C=O) groups is 1. The molecule has 140 valence electrons. The van der Waals surface area contributed by atoms with Crippen LogP contribution in [0.15, 0.2) is 59.1 Å². The van der Waals surface area contributed by atoms with Crippen LogP contribution in [0.1, 0.15) is 21.6 Å². The summed E-state index contributed by atoms with van der Waals surface area (Å²) in [5.74, 6) is -0.892. The molecule has 1 aromatic heterocycles. The first kappa shape index (κ1) is 18.6. The van der Waals surface area contributed by atoms with Gasteiger partial charge in [0, 0.05) is 12.6 Å². The van der Waals surface area contributed by atoms with E-state index in [-0.39, 0.29) is 23.6 Å². The number of rotatable bonds is 5. The summed E-state index contributed by atoms with van der Waals surface area (Å²) in [6, 6.07) is 12.0. The highest BCUT2D eigenvalue weighted by molar-refractivity contribution is 5.93. The molecule has 0 spiro atoms. The number of amides is 1. The monoisotopic (exact) mass is 378 g/mol. The molecule has 1 amide bonds. The van der Waals surface area contributed by atoms with Crippen molar-refractivity contribution in [2.45, 2.75) is 12.6 Å². The fraction of sp³-hybridized carbons (Fsp3) is 0.158. The summed E-state index contributed by atoms with van der Waals surface area (Å²) in [6.07, 6.45) is -4.03. The number of nitrogens with zero attached hydrogens (tertiary/aromatic N) is 1. The summed E-state index contributed by atoms with van der Waals surface area (Å²) in [7, 11) is 0. The third kappa shape index (κ3) is 4.52. The average Bonchev–Trinajstić information content (AvgIpc) is 3.12. The molecule has 27 heavy (non-hydrogen) atoms. The van der Waals surface area contributed by atoms with Gasteiger partial charge < -0.3 is 9.84 Å². The highest BCUT2D eigenvalue weighted by Gasteiger charge is 2.29. The molecule has 0 bridgehead atoms. The van der Waals surface area contributed by atoms with Crippen molar-refractivity contribution in [3.8, 4) is 11.3 Å². The number of aromatic nitrogens is 1. The van der Waals surface area contributed by atoms with Crippen molar-refractivity contribution in [2.24, 2.45) is 0 Å². The van der Waals surface area contributed by atoms with Crippen LogP contribution in [0.2, 0.25) is 0 Å². The maximum absolute atomic E-state index is 13.7. The molecule has 0 aliphatic heterocycles. The molecular formula is C19H14F4N2O2. The second-order valence-corrected chi connectivity index (χ2v) is 5.76. The normalized spacial score (nSPS) is 11.4. The Labute approximate surface area is 151 Å². The molecular weight excluding hydrogens is 364 g/mol. The fourth-order valence-electron chi connectivity index (χ4n) is 2.44. The molecule has 0 radical (unpaired) electrons. The van der Waals surface area contributed by atoms with Gasteiger partial charge in [-0.2, -0.15) is 13.2 Å². The Balaban J connectivity index is 1.56. The zero-order valence-electron chi connectivity index (χ0n) is 13.9. The summed E-state index contributed by atoms with van der Waals surface area (Å²) in [6.45, 7) is 0.200. The molecule has 0 saturated carbocycles. The van der Waals surface area contributed by atoms with Gasteiger partial charge >= 0.3 is 6.18 Å². The first-order chi connectivity index (χ1) is 12.8. The van der Waals surface area contributed by atoms with Crippen molar-refractivity contribution in [1.29, 1.82) is 0 Å². The minimum Gasteiger partial charge on any atom is -0.355 e. The molecule has 4 nitrogen and oxygen atoms in total. The first-order valence-corrected chi connectivity index (χ1v) is 8.00. The maximum atomic E-state index is 13.7. The number of nitrogens with one attached hydrogen (secondary N) is 1. The van der Waals surface area contributed by atoms with Crippen LogP contribution < -0.4 is 5.32 Å². The van der Waals surface area contributed by atoms with E-state index in [1.54, 1.807) is 6.07 Å². The van der Waals surface area contributed by atoms with E-state index in [0.717, 1.165) is 12.1 Å². The van der Waals surface area contributed by atoms with Crippen LogP contribution in [-0.2, 0) is 12.6 Å². The van der Waals surface area contributed by atoms with E-state index >= 15 is 0 Å². The summed E-state index contributed by atoms with van der Waals surface area (Å²) in [5.41, 5.74) is 0.100. The van der Waals surface area contributed by atoms with Crippen molar-refractivity contribution < 1.29 is 26.9 Å². The molecule has 1 N–H and O–H groups in total. The van der Waals surface area contributed by atoms with Crippen LogP contribution in [0.3, 0.4) is 0 Å². The van der Waals surface area contributed by atoms with E-state index in [1.165, 1.54) is 36.4 Å². The topological polar surface area (TPSA) is 55.1 Å². The standard InChI is InChI=1S/C19H14F4N2O2/c20-15-4-2-1-3-14(15)17-11-16(25-27-17)18(26)24-10-9-12-5-7-13(8-6-12)19(21,22)23/h1-8,11H,9-10H2,(H,24,26). The van der Waals surface area contributed by atoms with E-state index in [9.17, 15) is 22.4 Å². The number of hydrogen-bond acceptors (Lipinski definition) is 3. The summed E-state index contributed by atoms with van der Waals surface area (Å²) in [5, 5.41) is 6.21. The van der Waals surface area contributed by atoms with Crippen LogP contribution in [0, 0.1) is 5.82 Å². The Morgan fingerprint density at radius 3 is 2.44 bits per heavy atom. The van der Waals surface area contributed by atoms with Crippen molar-refractivity contribution in [1.82, 2.24) is 10.5 Å². The van der Waals surface area contributed by atoms with Gasteiger partial charge in [0.2, 0.25) is 0 Å². The van der Waals surface area contributed by atoms with Crippen molar-refractivity contribution in [3.05, 3.63) is 77.2 Å². The quantitative estimate of drug-likeness (QED) is 0.667. The van der Waals surface area contributed by atoms with E-state index in [2.05, 4.69) is 10.5 Å². The number of carbonyl (C=O) groups excluding carboxylic acids is 1. The summed E-state index contributed by atoms with van der Waals surface area (Å²) < 4.78 is 56.3. The van der Waals surface area contributed by atoms with Crippen molar-refractivity contribution in [3.63, 3.8) is 0 Å². The Morgan fingerprint density at radius 1 is 1.07 bits per heavy atom. The lowest BCUT2D eigenvalue weighted by molar-refractivity contribution is -0.137. The number of halogens is 4. The van der Waals surface area contributed by atoms with Crippen LogP contribution in [-0.4, -0.2) is 17.6 Å². The van der Waals surface area contributed by atoms with Crippen LogP contribution in [0.25, 0.3) is 11.3 Å². The summed E-state index contributed by atoms with van der Waals surface area (Å²) in [4.78, 5) is 12.1. The molecule has 3 rings (SSSR count). The Bertz CT molecular complexity index is 933. The predicted molar refractivity (Wildman–Crippen MR) is 89.4 cm³/mol. The average molecular weight is 378 g/mol. The lowest BCUT2D eigenvalue weighted by atomic mass is 10.1. The maximum Gasteiger partial charge on any atom is 0.416 e. The van der Waals surface area contributed by atoms with Gasteiger partial charge in [-0.05, 0) is 36.2 Å². The summed E-state index contributed by atoms with van der Waals surface area (Å²) >= 11 is 0. The van der Waals surface area contributed by atoms with Crippen molar-refractivity contribution in [2.75, 3.05) is 6.54 Å². The highest BCUT2D eigenvalue weighted by atomic mass is 19.4. The van der Waals surface area contributed by atoms with E-state index < -0.39 is 23.5 Å². The molecule has 3 aromatic rings. The molecule has 0 aliphatic carbocycles. The molecule has 0 atom stereocenters. The lowest BCUT2D eigenvalue weighted by Gasteiger charge is -2.08. The van der Waals surface area contributed by atoms with Gasteiger partial charge in [0.05, 0.1) is 11.1 Å². The van der Waals surface area contributed by atoms with Crippen molar-refractivity contribution >= 4 is 5.91 Å². The molecule has 8 heteroatoms. The van der Waals surface area contributed by atoms with Gasteiger partial charge in [0.25, 0.3) is 5.91 Å². The number of hydrogen-bond donors (Lipinski definition) is 1. The van der Waals surface area contributed by atoms with E-state index in [1.807, 2.05) is 0 Å². The first-order valence-electron chi connectivity index (χ1n) is 8.00. The van der Waals surface area contributed by atoms with Gasteiger partial charge in [0.1, 0.15) is 5.82 Å². The molecule has 2 aromatic carbocycles. The second-order valence-electron chi connectivity index (χ2n) is 5.76. The third-order valence-corrected chi connectivity index (χ3v) is 3.86. The molecule has 0 fully saturated rings. The van der Waals surface area contributed by atoms with Crippen LogP contribution in [0.5, 0.6) is 0 Å². The van der Waals surface area contributed by atoms with Gasteiger partial charge in [-0.15, -0.1) is 0 Å². The zero-order chi connectivity index (χ0) is 19.4. The van der Waals surface area contributed by atoms with Crippen LogP contribution >= 0.6 is 0 Å². The minimum atomic E-state index is -4.38. The molecule has 0 saturated heterocycles. The van der Waals surface area contributed by atoms with Gasteiger partial charge in [-0.25, -0.2) is 4.39 Å². The second kappa shape index (κ2) is 7.61. The van der Waals surface area contributed by atoms with Gasteiger partial charge in [-0.1, -0.05) is 29.4 Å². The SMILES string of the molecule is O=C(NCCc1ccc(C(F)(F)F)cc1)c1cc(-c2ccccc2F)on1. The fourth-order valence-corrected chi connectivity index (χ4v) is 2.44. The highest BCUT2D eigenvalue weighted by Crippen LogP contribution is 2.29. The Hall–Kier alpha value is -3.16.